The summed E-state index contributed by atoms with van der Waals surface area (Å²) in [4.78, 5) is 10.5. The lowest BCUT2D eigenvalue weighted by atomic mass is 10.1. The summed E-state index contributed by atoms with van der Waals surface area (Å²) in [6.07, 6.45) is 2.19. The molecule has 1 aliphatic rings. The molecular weight excluding hydrogens is 365 g/mol. The fourth-order valence-electron chi connectivity index (χ4n) is 2.55. The van der Waals surface area contributed by atoms with Crippen LogP contribution in [0.3, 0.4) is 0 Å². The predicted molar refractivity (Wildman–Crippen MR) is 86.4 cm³/mol. The highest BCUT2D eigenvalue weighted by molar-refractivity contribution is 7.89. The van der Waals surface area contributed by atoms with Crippen LogP contribution in [0.4, 0.5) is 0 Å². The molecule has 0 aliphatic carbocycles. The van der Waals surface area contributed by atoms with Crippen LogP contribution in [0.5, 0.6) is 0 Å². The molecule has 0 aromatic heterocycles. The smallest absolute Gasteiger partial charge is 0.329 e. The first-order chi connectivity index (χ1) is 10.8. The second-order valence-electron chi connectivity index (χ2n) is 5.23. The summed E-state index contributed by atoms with van der Waals surface area (Å²) in [6, 6.07) is 4.05. The normalized spacial score (nSPS) is 19.7. The van der Waals surface area contributed by atoms with Gasteiger partial charge in [-0.15, -0.1) is 0 Å². The van der Waals surface area contributed by atoms with Crippen molar-refractivity contribution in [2.45, 2.75) is 30.2 Å². The maximum Gasteiger partial charge on any atom is 0.329 e. The molecule has 1 saturated heterocycles. The van der Waals surface area contributed by atoms with Gasteiger partial charge in [-0.05, 0) is 25.0 Å². The van der Waals surface area contributed by atoms with Gasteiger partial charge in [-0.2, -0.15) is 4.31 Å². The largest absolute Gasteiger partial charge is 0.480 e. The van der Waals surface area contributed by atoms with Crippen molar-refractivity contribution in [2.75, 3.05) is 19.8 Å². The van der Waals surface area contributed by atoms with E-state index in [2.05, 4.69) is 0 Å². The Morgan fingerprint density at radius 3 is 2.78 bits per heavy atom. The van der Waals surface area contributed by atoms with Crippen LogP contribution in [0.2, 0.25) is 10.0 Å². The quantitative estimate of drug-likeness (QED) is 0.818. The van der Waals surface area contributed by atoms with E-state index >= 15 is 0 Å². The number of halogens is 2. The molecule has 0 spiro atoms. The average Bonchev–Trinajstić information content (AvgIpc) is 2.50. The fraction of sp³-hybridized carbons (Fsp3) is 0.500. The number of hydrogen-bond acceptors (Lipinski definition) is 4. The van der Waals surface area contributed by atoms with Crippen LogP contribution < -0.4 is 0 Å². The molecule has 1 aromatic rings. The first kappa shape index (κ1) is 18.5. The van der Waals surface area contributed by atoms with Crippen LogP contribution in [0, 0.1) is 0 Å². The van der Waals surface area contributed by atoms with Crippen LogP contribution in [0.15, 0.2) is 23.1 Å². The van der Waals surface area contributed by atoms with E-state index in [4.69, 9.17) is 33.0 Å². The molecule has 1 fully saturated rings. The van der Waals surface area contributed by atoms with E-state index < -0.39 is 28.6 Å². The Kier molecular flexibility index (Phi) is 6.27. The van der Waals surface area contributed by atoms with E-state index in [1.165, 1.54) is 22.5 Å². The molecule has 1 N–H and O–H groups in total. The minimum atomic E-state index is -3.83. The highest BCUT2D eigenvalue weighted by Crippen LogP contribution is 2.33. The fourth-order valence-corrected chi connectivity index (χ4v) is 4.97. The van der Waals surface area contributed by atoms with E-state index in [0.717, 1.165) is 12.8 Å². The van der Waals surface area contributed by atoms with Crippen molar-refractivity contribution in [2.24, 2.45) is 0 Å². The zero-order valence-corrected chi connectivity index (χ0v) is 14.6. The van der Waals surface area contributed by atoms with E-state index in [9.17, 15) is 13.2 Å². The molecule has 6 nitrogen and oxygen atoms in total. The molecule has 0 radical (unpaired) electrons. The van der Waals surface area contributed by atoms with E-state index in [-0.39, 0.29) is 21.5 Å². The average molecular weight is 382 g/mol. The maximum atomic E-state index is 12.9. The van der Waals surface area contributed by atoms with Gasteiger partial charge in [0.15, 0.2) is 0 Å². The number of carboxylic acids is 1. The molecule has 1 atom stereocenters. The number of piperidine rings is 1. The summed E-state index contributed by atoms with van der Waals surface area (Å²) in [6.45, 7) is -0.0850. The van der Waals surface area contributed by atoms with E-state index in [0.29, 0.717) is 13.0 Å². The maximum absolute atomic E-state index is 12.9. The van der Waals surface area contributed by atoms with Crippen molar-refractivity contribution < 1.29 is 23.1 Å². The Bertz CT molecular complexity index is 680. The van der Waals surface area contributed by atoms with Gasteiger partial charge in [0.1, 0.15) is 11.5 Å². The third-order valence-corrected chi connectivity index (χ3v) is 6.54. The second-order valence-corrected chi connectivity index (χ2v) is 7.87. The molecule has 9 heteroatoms. The molecule has 1 aromatic carbocycles. The predicted octanol–water partition coefficient (Wildman–Crippen LogP) is 2.64. The van der Waals surface area contributed by atoms with Crippen LogP contribution in [0.1, 0.15) is 19.3 Å². The first-order valence-corrected chi connectivity index (χ1v) is 9.29. The molecule has 128 valence electrons. The van der Waals surface area contributed by atoms with E-state index in [1.807, 2.05) is 0 Å². The number of nitrogens with zero attached hydrogens (tertiary/aromatic N) is 1. The summed E-state index contributed by atoms with van der Waals surface area (Å²) in [5.41, 5.74) is 0. The lowest BCUT2D eigenvalue weighted by molar-refractivity contribution is -0.142. The van der Waals surface area contributed by atoms with Gasteiger partial charge < -0.3 is 9.84 Å². The molecule has 0 saturated carbocycles. The lowest BCUT2D eigenvalue weighted by Gasteiger charge is -2.34. The molecule has 1 aliphatic heterocycles. The molecule has 0 amide bonds. The van der Waals surface area contributed by atoms with Crippen LogP contribution in [0.25, 0.3) is 0 Å². The third kappa shape index (κ3) is 4.36. The number of sulfonamides is 1. The molecule has 0 bridgehead atoms. The van der Waals surface area contributed by atoms with Crippen molar-refractivity contribution in [3.8, 4) is 0 Å². The minimum Gasteiger partial charge on any atom is -0.480 e. The lowest BCUT2D eigenvalue weighted by Crippen LogP contribution is -2.46. The Hall–Kier alpha value is -0.860. The molecule has 1 heterocycles. The summed E-state index contributed by atoms with van der Waals surface area (Å²) in [7, 11) is -3.83. The topological polar surface area (TPSA) is 83.9 Å². The number of benzene rings is 1. The zero-order valence-electron chi connectivity index (χ0n) is 12.2. The number of ether oxygens (including phenoxy) is 1. The van der Waals surface area contributed by atoms with Gasteiger partial charge in [0.2, 0.25) is 10.0 Å². The summed E-state index contributed by atoms with van der Waals surface area (Å²) >= 11 is 12.0. The van der Waals surface area contributed by atoms with Crippen LogP contribution in [-0.4, -0.2) is 49.6 Å². The molecule has 1 unspecified atom stereocenters. The summed E-state index contributed by atoms with van der Waals surface area (Å²) in [5.74, 6) is -1.09. The SMILES string of the molecule is O=C(O)COCC1CCCCN1S(=O)(=O)c1cccc(Cl)c1Cl. The number of rotatable bonds is 6. The first-order valence-electron chi connectivity index (χ1n) is 7.09. The second kappa shape index (κ2) is 7.81. The van der Waals surface area contributed by atoms with Crippen molar-refractivity contribution >= 4 is 39.2 Å². The van der Waals surface area contributed by atoms with Gasteiger partial charge in [0, 0.05) is 12.6 Å². The summed E-state index contributed by atoms with van der Waals surface area (Å²) < 4.78 is 32.2. The highest BCUT2D eigenvalue weighted by atomic mass is 35.5. The Morgan fingerprint density at radius 2 is 2.09 bits per heavy atom. The third-order valence-electron chi connectivity index (χ3n) is 3.61. The molecule has 2 rings (SSSR count). The van der Waals surface area contributed by atoms with Gasteiger partial charge in [0.25, 0.3) is 0 Å². The Morgan fingerprint density at radius 1 is 1.35 bits per heavy atom. The van der Waals surface area contributed by atoms with E-state index in [1.54, 1.807) is 0 Å². The zero-order chi connectivity index (χ0) is 17.0. The van der Waals surface area contributed by atoms with Crippen molar-refractivity contribution in [1.29, 1.82) is 0 Å². The van der Waals surface area contributed by atoms with Crippen molar-refractivity contribution in [3.05, 3.63) is 28.2 Å². The Balaban J connectivity index is 2.24. The van der Waals surface area contributed by atoms with Gasteiger partial charge in [-0.3, -0.25) is 0 Å². The van der Waals surface area contributed by atoms with Gasteiger partial charge in [-0.1, -0.05) is 35.7 Å². The number of carbonyl (C=O) groups is 1. The highest BCUT2D eigenvalue weighted by Gasteiger charge is 2.35. The van der Waals surface area contributed by atoms with Crippen molar-refractivity contribution in [1.82, 2.24) is 4.31 Å². The van der Waals surface area contributed by atoms with Crippen LogP contribution in [-0.2, 0) is 19.6 Å². The minimum absolute atomic E-state index is 0.00931. The van der Waals surface area contributed by atoms with Crippen molar-refractivity contribution in [3.63, 3.8) is 0 Å². The number of hydrogen-bond donors (Lipinski definition) is 1. The molecule has 23 heavy (non-hydrogen) atoms. The number of aliphatic carboxylic acids is 1. The Labute approximate surface area is 145 Å². The van der Waals surface area contributed by atoms with Crippen LogP contribution >= 0.6 is 23.2 Å². The van der Waals surface area contributed by atoms with Gasteiger partial charge >= 0.3 is 5.97 Å². The summed E-state index contributed by atoms with van der Waals surface area (Å²) in [5, 5.41) is 8.79. The van der Waals surface area contributed by atoms with Gasteiger partial charge in [0.05, 0.1) is 16.7 Å². The van der Waals surface area contributed by atoms with Gasteiger partial charge in [-0.25, -0.2) is 13.2 Å². The standard InChI is InChI=1S/C14H17Cl2NO5S/c15-11-5-3-6-12(14(11)16)23(20,21)17-7-2-1-4-10(17)8-22-9-13(18)19/h3,5-6,10H,1-2,4,7-9H2,(H,18,19). The number of carboxylic acid groups (broad SMARTS) is 1. The monoisotopic (exact) mass is 381 g/mol. The molecular formula is C14H17Cl2NO5S.